The van der Waals surface area contributed by atoms with Crippen LogP contribution in [0.1, 0.15) is 56.2 Å². The van der Waals surface area contributed by atoms with Crippen LogP contribution in [0.3, 0.4) is 0 Å². The first-order valence-electron chi connectivity index (χ1n) is 9.54. The molecule has 3 nitrogen and oxygen atoms in total. The number of hydrogen-bond acceptors (Lipinski definition) is 2. The predicted molar refractivity (Wildman–Crippen MR) is 106 cm³/mol. The third-order valence-electron chi connectivity index (χ3n) is 4.35. The summed E-state index contributed by atoms with van der Waals surface area (Å²) in [7, 11) is 0. The summed E-state index contributed by atoms with van der Waals surface area (Å²) in [5.41, 5.74) is 3.82. The Bertz CT molecular complexity index is 657. The van der Waals surface area contributed by atoms with E-state index in [1.54, 1.807) is 0 Å². The Balaban J connectivity index is 1.72. The maximum atomic E-state index is 10.5. The summed E-state index contributed by atoms with van der Waals surface area (Å²) in [6, 6.07) is 16.9. The van der Waals surface area contributed by atoms with E-state index in [4.69, 9.17) is 9.84 Å². The highest BCUT2D eigenvalue weighted by Crippen LogP contribution is 2.17. The molecule has 0 heterocycles. The number of aliphatic carboxylic acids is 1. The van der Waals surface area contributed by atoms with Crippen molar-refractivity contribution in [2.45, 2.75) is 59.0 Å². The highest BCUT2D eigenvalue weighted by molar-refractivity contribution is 5.66. The normalized spacial score (nSPS) is 10.9. The van der Waals surface area contributed by atoms with Gasteiger partial charge in [-0.3, -0.25) is 4.79 Å². The smallest absolute Gasteiger partial charge is 0.303 e. The molecule has 0 spiro atoms. The molecular formula is C23H30O3. The van der Waals surface area contributed by atoms with Crippen molar-refractivity contribution in [2.75, 3.05) is 0 Å². The third kappa shape index (κ3) is 7.73. The zero-order valence-electron chi connectivity index (χ0n) is 15.9. The van der Waals surface area contributed by atoms with Gasteiger partial charge in [0.2, 0.25) is 0 Å². The summed E-state index contributed by atoms with van der Waals surface area (Å²) in [6.07, 6.45) is 5.10. The van der Waals surface area contributed by atoms with Gasteiger partial charge in [0, 0.05) is 6.42 Å². The van der Waals surface area contributed by atoms with E-state index in [1.165, 1.54) is 16.7 Å². The van der Waals surface area contributed by atoms with E-state index in [-0.39, 0.29) is 6.42 Å². The van der Waals surface area contributed by atoms with Gasteiger partial charge in [-0.1, -0.05) is 56.7 Å². The van der Waals surface area contributed by atoms with Crippen LogP contribution >= 0.6 is 0 Å². The topological polar surface area (TPSA) is 46.5 Å². The molecule has 2 aromatic rings. The van der Waals surface area contributed by atoms with Gasteiger partial charge < -0.3 is 9.84 Å². The Morgan fingerprint density at radius 2 is 1.50 bits per heavy atom. The zero-order chi connectivity index (χ0) is 18.8. The van der Waals surface area contributed by atoms with Crippen molar-refractivity contribution in [3.05, 3.63) is 65.2 Å². The van der Waals surface area contributed by atoms with Gasteiger partial charge in [-0.05, 0) is 60.4 Å². The molecule has 0 saturated heterocycles. The van der Waals surface area contributed by atoms with E-state index in [9.17, 15) is 4.79 Å². The molecule has 0 atom stereocenters. The van der Waals surface area contributed by atoms with Gasteiger partial charge in [-0.15, -0.1) is 0 Å². The lowest BCUT2D eigenvalue weighted by Crippen LogP contribution is -1.98. The maximum Gasteiger partial charge on any atom is 0.303 e. The molecule has 0 aliphatic rings. The Morgan fingerprint density at radius 3 is 2.12 bits per heavy atom. The zero-order valence-corrected chi connectivity index (χ0v) is 15.9. The SMILES string of the molecule is CC(C)Cc1ccc(COc2ccc(CCCCCC(=O)O)cc2)cc1. The molecule has 0 aliphatic heterocycles. The molecule has 2 aromatic carbocycles. The Morgan fingerprint density at radius 1 is 0.885 bits per heavy atom. The van der Waals surface area contributed by atoms with Crippen LogP contribution in [0.4, 0.5) is 0 Å². The molecule has 0 saturated carbocycles. The second-order valence-corrected chi connectivity index (χ2v) is 7.30. The monoisotopic (exact) mass is 354 g/mol. The van der Waals surface area contributed by atoms with Gasteiger partial charge in [-0.2, -0.15) is 0 Å². The Hall–Kier alpha value is -2.29. The minimum Gasteiger partial charge on any atom is -0.489 e. The molecule has 0 amide bonds. The van der Waals surface area contributed by atoms with Crippen LogP contribution in [0.25, 0.3) is 0 Å². The Labute approximate surface area is 157 Å². The van der Waals surface area contributed by atoms with Crippen LogP contribution in [0, 0.1) is 5.92 Å². The third-order valence-corrected chi connectivity index (χ3v) is 4.35. The fourth-order valence-electron chi connectivity index (χ4n) is 2.94. The number of hydrogen-bond donors (Lipinski definition) is 1. The summed E-state index contributed by atoms with van der Waals surface area (Å²) >= 11 is 0. The fraction of sp³-hybridized carbons (Fsp3) is 0.435. The fourth-order valence-corrected chi connectivity index (χ4v) is 2.94. The highest BCUT2D eigenvalue weighted by Gasteiger charge is 2.01. The van der Waals surface area contributed by atoms with E-state index < -0.39 is 5.97 Å². The van der Waals surface area contributed by atoms with Crippen LogP contribution in [0.15, 0.2) is 48.5 Å². The standard InChI is InChI=1S/C23H30O3/c1-18(2)16-20-8-10-21(11-9-20)17-26-22-14-12-19(13-15-22)6-4-3-5-7-23(24)25/h8-15,18H,3-7,16-17H2,1-2H3,(H,24,25). The van der Waals surface area contributed by atoms with Gasteiger partial charge in [0.1, 0.15) is 12.4 Å². The highest BCUT2D eigenvalue weighted by atomic mass is 16.5. The van der Waals surface area contributed by atoms with Crippen molar-refractivity contribution in [1.29, 1.82) is 0 Å². The van der Waals surface area contributed by atoms with E-state index in [2.05, 4.69) is 50.2 Å². The van der Waals surface area contributed by atoms with E-state index in [0.717, 1.165) is 37.9 Å². The molecule has 2 rings (SSSR count). The first-order valence-corrected chi connectivity index (χ1v) is 9.54. The van der Waals surface area contributed by atoms with Crippen LogP contribution < -0.4 is 4.74 Å². The van der Waals surface area contributed by atoms with Gasteiger partial charge in [0.15, 0.2) is 0 Å². The molecule has 0 aromatic heterocycles. The number of carboxylic acids is 1. The number of benzene rings is 2. The molecule has 0 unspecified atom stereocenters. The average Bonchev–Trinajstić information content (AvgIpc) is 2.61. The van der Waals surface area contributed by atoms with Gasteiger partial charge in [-0.25, -0.2) is 0 Å². The molecule has 0 aliphatic carbocycles. The molecule has 0 radical (unpaired) electrons. The minimum absolute atomic E-state index is 0.269. The first kappa shape index (κ1) is 20.0. The van der Waals surface area contributed by atoms with Crippen molar-refractivity contribution in [3.63, 3.8) is 0 Å². The minimum atomic E-state index is -0.707. The summed E-state index contributed by atoms with van der Waals surface area (Å²) in [6.45, 7) is 5.05. The second kappa shape index (κ2) is 10.6. The number of rotatable bonds is 11. The number of aryl methyl sites for hydroxylation is 1. The average molecular weight is 354 g/mol. The lowest BCUT2D eigenvalue weighted by Gasteiger charge is -2.09. The van der Waals surface area contributed by atoms with Gasteiger partial charge in [0.25, 0.3) is 0 Å². The summed E-state index contributed by atoms with van der Waals surface area (Å²) in [4.78, 5) is 10.5. The van der Waals surface area contributed by atoms with Crippen LogP contribution in [0.2, 0.25) is 0 Å². The second-order valence-electron chi connectivity index (χ2n) is 7.30. The van der Waals surface area contributed by atoms with Crippen LogP contribution in [-0.2, 0) is 24.2 Å². The van der Waals surface area contributed by atoms with E-state index in [1.807, 2.05) is 12.1 Å². The number of carboxylic acid groups (broad SMARTS) is 1. The van der Waals surface area contributed by atoms with Crippen LogP contribution in [-0.4, -0.2) is 11.1 Å². The number of ether oxygens (including phenoxy) is 1. The number of carbonyl (C=O) groups is 1. The first-order chi connectivity index (χ1) is 12.5. The molecular weight excluding hydrogens is 324 g/mol. The van der Waals surface area contributed by atoms with E-state index >= 15 is 0 Å². The molecule has 0 bridgehead atoms. The van der Waals surface area contributed by atoms with Crippen molar-refractivity contribution in [1.82, 2.24) is 0 Å². The maximum absolute atomic E-state index is 10.5. The van der Waals surface area contributed by atoms with Crippen LogP contribution in [0.5, 0.6) is 5.75 Å². The largest absolute Gasteiger partial charge is 0.489 e. The predicted octanol–water partition coefficient (Wildman–Crippen LogP) is 5.65. The quantitative estimate of drug-likeness (QED) is 0.530. The lowest BCUT2D eigenvalue weighted by molar-refractivity contribution is -0.137. The molecule has 26 heavy (non-hydrogen) atoms. The molecule has 3 heteroatoms. The van der Waals surface area contributed by atoms with Gasteiger partial charge >= 0.3 is 5.97 Å². The van der Waals surface area contributed by atoms with Crippen molar-refractivity contribution in [3.8, 4) is 5.75 Å². The van der Waals surface area contributed by atoms with E-state index in [0.29, 0.717) is 12.5 Å². The van der Waals surface area contributed by atoms with Crippen molar-refractivity contribution >= 4 is 5.97 Å². The van der Waals surface area contributed by atoms with Gasteiger partial charge in [0.05, 0.1) is 0 Å². The molecule has 1 N–H and O–H groups in total. The molecule has 0 fully saturated rings. The molecule has 140 valence electrons. The number of unbranched alkanes of at least 4 members (excludes halogenated alkanes) is 2. The lowest BCUT2D eigenvalue weighted by atomic mass is 10.0. The summed E-state index contributed by atoms with van der Waals surface area (Å²) in [5, 5.41) is 8.63. The summed E-state index contributed by atoms with van der Waals surface area (Å²) in [5.74, 6) is 0.847. The Kier molecular flexibility index (Phi) is 8.20. The van der Waals surface area contributed by atoms with Crippen molar-refractivity contribution < 1.29 is 14.6 Å². The summed E-state index contributed by atoms with van der Waals surface area (Å²) < 4.78 is 5.87. The van der Waals surface area contributed by atoms with Crippen molar-refractivity contribution in [2.24, 2.45) is 5.92 Å².